The van der Waals surface area contributed by atoms with E-state index in [1.807, 2.05) is 60.8 Å². The zero-order valence-corrected chi connectivity index (χ0v) is 16.6. The Labute approximate surface area is 174 Å². The second-order valence-corrected chi connectivity index (χ2v) is 7.39. The Hall–Kier alpha value is -3.61. The molecular formula is C23H24N4O3. The molecule has 1 aromatic heterocycles. The summed E-state index contributed by atoms with van der Waals surface area (Å²) in [6.45, 7) is 0.765. The second-order valence-electron chi connectivity index (χ2n) is 7.39. The molecule has 7 heteroatoms. The van der Waals surface area contributed by atoms with Crippen molar-refractivity contribution < 1.29 is 14.4 Å². The molecule has 1 fully saturated rings. The van der Waals surface area contributed by atoms with Crippen LogP contribution < -0.4 is 10.6 Å². The van der Waals surface area contributed by atoms with E-state index in [-0.39, 0.29) is 18.2 Å². The predicted molar refractivity (Wildman–Crippen MR) is 114 cm³/mol. The fourth-order valence-electron chi connectivity index (χ4n) is 3.75. The van der Waals surface area contributed by atoms with E-state index in [1.165, 1.54) is 4.90 Å². The van der Waals surface area contributed by atoms with E-state index in [1.54, 1.807) is 0 Å². The maximum atomic E-state index is 12.5. The smallest absolute Gasteiger partial charge is 0.324 e. The summed E-state index contributed by atoms with van der Waals surface area (Å²) < 4.78 is 0. The van der Waals surface area contributed by atoms with Crippen molar-refractivity contribution in [3.8, 4) is 0 Å². The molecule has 0 saturated carbocycles. The molecule has 1 unspecified atom stereocenters. The maximum absolute atomic E-state index is 12.5. The third kappa shape index (κ3) is 4.35. The van der Waals surface area contributed by atoms with Crippen LogP contribution >= 0.6 is 0 Å². The second kappa shape index (κ2) is 8.82. The minimum atomic E-state index is -0.804. The molecule has 154 valence electrons. The lowest BCUT2D eigenvalue weighted by atomic mass is 10.1. The van der Waals surface area contributed by atoms with Crippen molar-refractivity contribution in [3.05, 3.63) is 71.9 Å². The number of nitrogens with zero attached hydrogens (tertiary/aromatic N) is 1. The van der Waals surface area contributed by atoms with Gasteiger partial charge in [0.15, 0.2) is 0 Å². The minimum absolute atomic E-state index is 0.0553. The van der Waals surface area contributed by atoms with Crippen molar-refractivity contribution in [1.82, 2.24) is 20.5 Å². The summed E-state index contributed by atoms with van der Waals surface area (Å²) in [5.41, 5.74) is 3.24. The molecule has 0 bridgehead atoms. The van der Waals surface area contributed by atoms with Gasteiger partial charge in [-0.05, 0) is 30.0 Å². The van der Waals surface area contributed by atoms with E-state index < -0.39 is 12.1 Å². The highest BCUT2D eigenvalue weighted by atomic mass is 16.2. The van der Waals surface area contributed by atoms with Gasteiger partial charge in [-0.3, -0.25) is 14.5 Å². The molecule has 1 aliphatic heterocycles. The molecule has 4 amide bonds. The largest absolute Gasteiger partial charge is 0.361 e. The van der Waals surface area contributed by atoms with Crippen molar-refractivity contribution in [2.24, 2.45) is 0 Å². The van der Waals surface area contributed by atoms with Gasteiger partial charge in [-0.15, -0.1) is 0 Å². The summed E-state index contributed by atoms with van der Waals surface area (Å²) in [6, 6.07) is 16.4. The highest BCUT2D eigenvalue weighted by Gasteiger charge is 2.38. The maximum Gasteiger partial charge on any atom is 0.324 e. The molecule has 0 spiro atoms. The molecular weight excluding hydrogens is 380 g/mol. The molecule has 4 rings (SSSR count). The molecule has 7 nitrogen and oxygen atoms in total. The number of nitrogens with one attached hydrogen (secondary N) is 3. The number of benzene rings is 2. The number of carbonyl (C=O) groups is 3. The molecule has 0 aliphatic carbocycles. The number of imide groups is 1. The van der Waals surface area contributed by atoms with E-state index in [2.05, 4.69) is 15.6 Å². The Bertz CT molecular complexity index is 1060. The first-order valence-electron chi connectivity index (χ1n) is 10.1. The van der Waals surface area contributed by atoms with E-state index in [9.17, 15) is 14.4 Å². The molecule has 3 aromatic rings. The molecule has 1 saturated heterocycles. The number of aromatic nitrogens is 1. The third-order valence-corrected chi connectivity index (χ3v) is 5.35. The molecule has 0 radical (unpaired) electrons. The van der Waals surface area contributed by atoms with Crippen molar-refractivity contribution in [2.75, 3.05) is 13.1 Å². The Kier molecular flexibility index (Phi) is 5.79. The van der Waals surface area contributed by atoms with Crippen LogP contribution in [0.1, 0.15) is 17.5 Å². The van der Waals surface area contributed by atoms with Crippen LogP contribution in [0.25, 0.3) is 10.9 Å². The lowest BCUT2D eigenvalue weighted by Gasteiger charge is -2.13. The van der Waals surface area contributed by atoms with Crippen LogP contribution in [0.4, 0.5) is 4.79 Å². The number of urea groups is 1. The number of carbonyl (C=O) groups excluding carboxylic acids is 3. The van der Waals surface area contributed by atoms with Gasteiger partial charge >= 0.3 is 6.03 Å². The van der Waals surface area contributed by atoms with Crippen molar-refractivity contribution in [2.45, 2.75) is 25.3 Å². The quantitative estimate of drug-likeness (QED) is 0.503. The normalized spacial score (nSPS) is 16.1. The van der Waals surface area contributed by atoms with Crippen LogP contribution in [-0.2, 0) is 22.4 Å². The van der Waals surface area contributed by atoms with Crippen LogP contribution in [0.2, 0.25) is 0 Å². The molecule has 3 N–H and O–H groups in total. The lowest BCUT2D eigenvalue weighted by Crippen LogP contribution is -2.37. The van der Waals surface area contributed by atoms with Crippen molar-refractivity contribution >= 4 is 28.7 Å². The topological polar surface area (TPSA) is 94.3 Å². The van der Waals surface area contributed by atoms with E-state index in [0.29, 0.717) is 25.9 Å². The van der Waals surface area contributed by atoms with Gasteiger partial charge in [-0.25, -0.2) is 4.79 Å². The van der Waals surface area contributed by atoms with Crippen LogP contribution in [0.5, 0.6) is 0 Å². The first kappa shape index (κ1) is 19.7. The number of hydrogen-bond donors (Lipinski definition) is 3. The van der Waals surface area contributed by atoms with Gasteiger partial charge in [0.05, 0.1) is 6.42 Å². The number of hydrogen-bond acceptors (Lipinski definition) is 3. The first-order valence-corrected chi connectivity index (χ1v) is 10.1. The zero-order valence-electron chi connectivity index (χ0n) is 16.6. The van der Waals surface area contributed by atoms with E-state index >= 15 is 0 Å². The van der Waals surface area contributed by atoms with Gasteiger partial charge in [-0.2, -0.15) is 0 Å². The Balaban J connectivity index is 1.25. The number of fused-ring (bicyclic) bond motifs is 1. The number of aromatic amines is 1. The van der Waals surface area contributed by atoms with Crippen molar-refractivity contribution in [1.29, 1.82) is 0 Å². The summed E-state index contributed by atoms with van der Waals surface area (Å²) in [5.74, 6) is -0.596. The lowest BCUT2D eigenvalue weighted by molar-refractivity contribution is -0.130. The number of amides is 4. The highest BCUT2D eigenvalue weighted by molar-refractivity contribution is 6.05. The van der Waals surface area contributed by atoms with Gasteiger partial charge in [-0.1, -0.05) is 48.5 Å². The third-order valence-electron chi connectivity index (χ3n) is 5.35. The van der Waals surface area contributed by atoms with E-state index in [0.717, 1.165) is 22.0 Å². The summed E-state index contributed by atoms with van der Waals surface area (Å²) in [7, 11) is 0. The molecule has 30 heavy (non-hydrogen) atoms. The van der Waals surface area contributed by atoms with Gasteiger partial charge in [0.1, 0.15) is 6.04 Å². The Morgan fingerprint density at radius 1 is 1.00 bits per heavy atom. The molecule has 1 atom stereocenters. The zero-order chi connectivity index (χ0) is 20.9. The first-order chi connectivity index (χ1) is 14.6. The van der Waals surface area contributed by atoms with Crippen LogP contribution in [0.3, 0.4) is 0 Å². The standard InChI is InChI=1S/C23H24N4O3/c28-21(24-12-10-17-15-25-19-9-5-4-8-18(17)19)14-20-22(29)27(23(30)26-20)13-11-16-6-2-1-3-7-16/h1-9,15,20,25H,10-14H2,(H,24,28)(H,26,30). The Morgan fingerprint density at radius 3 is 2.60 bits per heavy atom. The minimum Gasteiger partial charge on any atom is -0.361 e. The van der Waals surface area contributed by atoms with Crippen LogP contribution in [0, 0.1) is 0 Å². The monoisotopic (exact) mass is 404 g/mol. The Morgan fingerprint density at radius 2 is 1.77 bits per heavy atom. The molecule has 1 aliphatic rings. The molecule has 2 heterocycles. The van der Waals surface area contributed by atoms with Gasteiger partial charge in [0.2, 0.25) is 5.91 Å². The SMILES string of the molecule is O=C(CC1NC(=O)N(CCc2ccccc2)C1=O)NCCc1c[nH]c2ccccc12. The number of para-hydroxylation sites is 1. The summed E-state index contributed by atoms with van der Waals surface area (Å²) in [4.78, 5) is 41.4. The average molecular weight is 404 g/mol. The number of H-pyrrole nitrogens is 1. The summed E-state index contributed by atoms with van der Waals surface area (Å²) in [5, 5.41) is 6.60. The number of rotatable bonds is 8. The van der Waals surface area contributed by atoms with Gasteiger partial charge in [0, 0.05) is 30.2 Å². The van der Waals surface area contributed by atoms with E-state index in [4.69, 9.17) is 0 Å². The van der Waals surface area contributed by atoms with Crippen molar-refractivity contribution in [3.63, 3.8) is 0 Å². The molecule has 2 aromatic carbocycles. The fourth-order valence-corrected chi connectivity index (χ4v) is 3.75. The average Bonchev–Trinajstić information content (AvgIpc) is 3.28. The predicted octanol–water partition coefficient (Wildman–Crippen LogP) is 2.38. The van der Waals surface area contributed by atoms with Gasteiger partial charge in [0.25, 0.3) is 5.91 Å². The fraction of sp³-hybridized carbons (Fsp3) is 0.261. The highest BCUT2D eigenvalue weighted by Crippen LogP contribution is 2.17. The van der Waals surface area contributed by atoms with Crippen LogP contribution in [0.15, 0.2) is 60.8 Å². The van der Waals surface area contributed by atoms with Crippen LogP contribution in [-0.4, -0.2) is 46.9 Å². The summed E-state index contributed by atoms with van der Waals surface area (Å²) in [6.07, 6.45) is 3.16. The van der Waals surface area contributed by atoms with Gasteiger partial charge < -0.3 is 15.6 Å². The summed E-state index contributed by atoms with van der Waals surface area (Å²) >= 11 is 0.